The molecular formula is C56H38N2O2. The van der Waals surface area contributed by atoms with Gasteiger partial charge in [0.2, 0.25) is 5.89 Å². The lowest BCUT2D eigenvalue weighted by molar-refractivity contribution is 0.617. The van der Waals surface area contributed by atoms with Crippen LogP contribution in [-0.4, -0.2) is 4.98 Å². The van der Waals surface area contributed by atoms with E-state index < -0.39 is 0 Å². The molecule has 2 aromatic heterocycles. The summed E-state index contributed by atoms with van der Waals surface area (Å²) >= 11 is 0. The number of para-hydroxylation sites is 1. The minimum Gasteiger partial charge on any atom is -0.456 e. The minimum atomic E-state index is -0.0798. The summed E-state index contributed by atoms with van der Waals surface area (Å²) < 4.78 is 12.9. The van der Waals surface area contributed by atoms with Gasteiger partial charge in [-0.1, -0.05) is 141 Å². The van der Waals surface area contributed by atoms with Crippen LogP contribution in [0.2, 0.25) is 0 Å². The summed E-state index contributed by atoms with van der Waals surface area (Å²) in [5.74, 6) is 0.583. The molecule has 60 heavy (non-hydrogen) atoms. The third-order valence-corrected chi connectivity index (χ3v) is 12.5. The molecule has 12 rings (SSSR count). The molecule has 0 fully saturated rings. The Hall–Kier alpha value is -7.69. The summed E-state index contributed by atoms with van der Waals surface area (Å²) in [6.07, 6.45) is 0. The van der Waals surface area contributed by atoms with Crippen LogP contribution < -0.4 is 4.90 Å². The van der Waals surface area contributed by atoms with Crippen molar-refractivity contribution in [1.29, 1.82) is 0 Å². The highest BCUT2D eigenvalue weighted by Gasteiger charge is 2.35. The second kappa shape index (κ2) is 13.2. The van der Waals surface area contributed by atoms with Gasteiger partial charge in [-0.2, -0.15) is 0 Å². The number of fused-ring (bicyclic) bond motifs is 8. The predicted molar refractivity (Wildman–Crippen MR) is 247 cm³/mol. The molecule has 0 aliphatic heterocycles. The van der Waals surface area contributed by atoms with Crippen molar-refractivity contribution in [3.05, 3.63) is 205 Å². The van der Waals surface area contributed by atoms with Gasteiger partial charge in [0.1, 0.15) is 16.7 Å². The number of aromatic nitrogens is 1. The third kappa shape index (κ3) is 5.34. The van der Waals surface area contributed by atoms with Crippen molar-refractivity contribution in [3.8, 4) is 44.8 Å². The fourth-order valence-electron chi connectivity index (χ4n) is 9.50. The van der Waals surface area contributed by atoms with E-state index in [1.54, 1.807) is 0 Å². The molecule has 0 unspecified atom stereocenters. The summed E-state index contributed by atoms with van der Waals surface area (Å²) in [5.41, 5.74) is 16.9. The van der Waals surface area contributed by atoms with Gasteiger partial charge in [-0.25, -0.2) is 4.98 Å². The van der Waals surface area contributed by atoms with Crippen molar-refractivity contribution in [3.63, 3.8) is 0 Å². The van der Waals surface area contributed by atoms with Gasteiger partial charge in [-0.3, -0.25) is 0 Å². The first-order valence-electron chi connectivity index (χ1n) is 20.5. The zero-order chi connectivity index (χ0) is 40.0. The van der Waals surface area contributed by atoms with Gasteiger partial charge in [0, 0.05) is 50.4 Å². The molecule has 0 amide bonds. The van der Waals surface area contributed by atoms with Gasteiger partial charge < -0.3 is 13.7 Å². The zero-order valence-corrected chi connectivity index (χ0v) is 33.2. The maximum absolute atomic E-state index is 6.46. The Morgan fingerprint density at radius 3 is 1.90 bits per heavy atom. The summed E-state index contributed by atoms with van der Waals surface area (Å²) in [6, 6.07) is 69.2. The minimum absolute atomic E-state index is 0.0798. The summed E-state index contributed by atoms with van der Waals surface area (Å²) in [6.45, 7) is 4.66. The van der Waals surface area contributed by atoms with Crippen LogP contribution in [-0.2, 0) is 5.41 Å². The molecule has 0 bridgehead atoms. The van der Waals surface area contributed by atoms with E-state index in [0.717, 1.165) is 61.2 Å². The molecule has 4 heteroatoms. The Labute approximate surface area is 347 Å². The van der Waals surface area contributed by atoms with E-state index in [4.69, 9.17) is 13.8 Å². The molecule has 9 aromatic carbocycles. The largest absolute Gasteiger partial charge is 0.456 e. The van der Waals surface area contributed by atoms with Gasteiger partial charge in [-0.05, 0) is 110 Å². The fourth-order valence-corrected chi connectivity index (χ4v) is 9.50. The number of rotatable bonds is 6. The van der Waals surface area contributed by atoms with E-state index in [1.165, 1.54) is 44.2 Å². The first-order valence-corrected chi connectivity index (χ1v) is 20.5. The fraction of sp³-hybridized carbons (Fsp3) is 0.0536. The maximum Gasteiger partial charge on any atom is 0.227 e. The van der Waals surface area contributed by atoms with Gasteiger partial charge >= 0.3 is 0 Å². The molecule has 0 saturated heterocycles. The molecule has 1 aliphatic carbocycles. The highest BCUT2D eigenvalue weighted by molar-refractivity contribution is 6.19. The van der Waals surface area contributed by atoms with Gasteiger partial charge in [0.25, 0.3) is 0 Å². The number of furan rings is 1. The van der Waals surface area contributed by atoms with Crippen LogP contribution in [0.25, 0.3) is 88.6 Å². The Kier molecular flexibility index (Phi) is 7.54. The van der Waals surface area contributed by atoms with E-state index in [2.05, 4.69) is 164 Å². The van der Waals surface area contributed by atoms with E-state index in [9.17, 15) is 0 Å². The first-order chi connectivity index (χ1) is 29.5. The second-order valence-corrected chi connectivity index (χ2v) is 16.3. The molecule has 0 radical (unpaired) electrons. The molecule has 2 heterocycles. The monoisotopic (exact) mass is 770 g/mol. The van der Waals surface area contributed by atoms with Crippen molar-refractivity contribution < 1.29 is 8.83 Å². The number of hydrogen-bond donors (Lipinski definition) is 0. The van der Waals surface area contributed by atoms with E-state index in [1.807, 2.05) is 48.5 Å². The maximum atomic E-state index is 6.46. The Morgan fingerprint density at radius 1 is 0.433 bits per heavy atom. The van der Waals surface area contributed by atoms with Crippen LogP contribution in [0.1, 0.15) is 25.0 Å². The van der Waals surface area contributed by atoms with Crippen LogP contribution in [0, 0.1) is 0 Å². The van der Waals surface area contributed by atoms with Crippen LogP contribution in [0.4, 0.5) is 17.1 Å². The Balaban J connectivity index is 1.02. The van der Waals surface area contributed by atoms with Gasteiger partial charge in [-0.15, -0.1) is 0 Å². The van der Waals surface area contributed by atoms with Gasteiger partial charge in [0.05, 0.1) is 0 Å². The molecule has 4 nitrogen and oxygen atoms in total. The van der Waals surface area contributed by atoms with Crippen LogP contribution in [0.3, 0.4) is 0 Å². The first kappa shape index (κ1) is 34.4. The second-order valence-electron chi connectivity index (χ2n) is 16.3. The van der Waals surface area contributed by atoms with Crippen molar-refractivity contribution in [2.24, 2.45) is 0 Å². The topological polar surface area (TPSA) is 42.4 Å². The average Bonchev–Trinajstić information content (AvgIpc) is 3.96. The lowest BCUT2D eigenvalue weighted by Crippen LogP contribution is -2.15. The molecule has 0 spiro atoms. The molecular weight excluding hydrogens is 733 g/mol. The van der Waals surface area contributed by atoms with Gasteiger partial charge in [0.15, 0.2) is 5.58 Å². The van der Waals surface area contributed by atoms with Crippen LogP contribution in [0.15, 0.2) is 203 Å². The van der Waals surface area contributed by atoms with Crippen LogP contribution in [0.5, 0.6) is 0 Å². The van der Waals surface area contributed by atoms with E-state index in [-0.39, 0.29) is 5.41 Å². The van der Waals surface area contributed by atoms with Crippen molar-refractivity contribution in [1.82, 2.24) is 4.98 Å². The molecule has 0 N–H and O–H groups in total. The summed E-state index contributed by atoms with van der Waals surface area (Å²) in [5, 5.41) is 4.56. The average molecular weight is 771 g/mol. The number of hydrogen-bond acceptors (Lipinski definition) is 4. The summed E-state index contributed by atoms with van der Waals surface area (Å²) in [7, 11) is 0. The molecule has 11 aromatic rings. The Bertz CT molecular complexity index is 3450. The standard InChI is InChI=1S/C56H38N2O2/c1-56(2)47-18-10-8-16-44(47)46-33-43(30-31-48(46)56)58(41-26-22-36(23-27-41)40-21-20-35-12-6-7-15-39(35)32-40)42-28-24-37(25-29-42)52-53-45-17-9-11-19-49(45)59-50(53)34-51-54(52)57-55(60-51)38-13-4-3-5-14-38/h3-34H,1-2H3. The molecule has 284 valence electrons. The lowest BCUT2D eigenvalue weighted by atomic mass is 9.82. The number of nitrogens with zero attached hydrogens (tertiary/aromatic N) is 2. The molecule has 0 atom stereocenters. The quantitative estimate of drug-likeness (QED) is 0.169. The van der Waals surface area contributed by atoms with E-state index in [0.29, 0.717) is 11.5 Å². The van der Waals surface area contributed by atoms with Crippen molar-refractivity contribution in [2.75, 3.05) is 4.90 Å². The highest BCUT2D eigenvalue weighted by atomic mass is 16.4. The lowest BCUT2D eigenvalue weighted by Gasteiger charge is -2.27. The number of oxazole rings is 1. The van der Waals surface area contributed by atoms with Crippen molar-refractivity contribution >= 4 is 60.9 Å². The zero-order valence-electron chi connectivity index (χ0n) is 33.2. The highest BCUT2D eigenvalue weighted by Crippen LogP contribution is 2.51. The van der Waals surface area contributed by atoms with Crippen molar-refractivity contribution in [2.45, 2.75) is 19.3 Å². The third-order valence-electron chi connectivity index (χ3n) is 12.5. The SMILES string of the molecule is CC1(C)c2ccccc2-c2cc(N(c3ccc(-c4ccc5ccccc5c4)cc3)c3ccc(-c4c5nc(-c6ccccc6)oc5cc5oc6ccccc6c45)cc3)ccc21. The number of anilines is 3. The smallest absolute Gasteiger partial charge is 0.227 e. The predicted octanol–water partition coefficient (Wildman–Crippen LogP) is 15.7. The number of benzene rings is 9. The molecule has 1 aliphatic rings. The van der Waals surface area contributed by atoms with Crippen LogP contribution >= 0.6 is 0 Å². The summed E-state index contributed by atoms with van der Waals surface area (Å²) in [4.78, 5) is 7.51. The van der Waals surface area contributed by atoms with E-state index >= 15 is 0 Å². The Morgan fingerprint density at radius 2 is 1.08 bits per heavy atom. The normalized spacial score (nSPS) is 13.0. The molecule has 0 saturated carbocycles.